The van der Waals surface area contributed by atoms with E-state index in [2.05, 4.69) is 37.4 Å². The number of benzene rings is 2. The smallest absolute Gasteiger partial charge is 0.0551 e. The maximum Gasteiger partial charge on any atom is 0.0551 e. The summed E-state index contributed by atoms with van der Waals surface area (Å²) in [4.78, 5) is 0.933. The molecule has 0 amide bonds. The number of aryl methyl sites for hydroxylation is 3. The van der Waals surface area contributed by atoms with Crippen molar-refractivity contribution in [3.63, 3.8) is 0 Å². The van der Waals surface area contributed by atoms with Gasteiger partial charge in [0, 0.05) is 16.7 Å². The molecular weight excluding hydrogens is 278 g/mol. The monoisotopic (exact) mass is 301 g/mol. The van der Waals surface area contributed by atoms with Crippen molar-refractivity contribution in [2.45, 2.75) is 31.7 Å². The van der Waals surface area contributed by atoms with Crippen LogP contribution in [0.1, 0.15) is 28.3 Å². The van der Waals surface area contributed by atoms with Gasteiger partial charge in [0.05, 0.1) is 10.8 Å². The normalized spacial score (nSPS) is 13.9. The van der Waals surface area contributed by atoms with Crippen molar-refractivity contribution in [1.29, 1.82) is 0 Å². The minimum Gasteiger partial charge on any atom is -0.312 e. The van der Waals surface area contributed by atoms with Gasteiger partial charge in [-0.3, -0.25) is 4.21 Å². The quantitative estimate of drug-likeness (QED) is 0.913. The Morgan fingerprint density at radius 1 is 1.05 bits per heavy atom. The highest BCUT2D eigenvalue weighted by atomic mass is 32.2. The van der Waals surface area contributed by atoms with E-state index < -0.39 is 10.8 Å². The first kappa shape index (κ1) is 15.9. The van der Waals surface area contributed by atoms with Crippen molar-refractivity contribution in [3.8, 4) is 0 Å². The highest BCUT2D eigenvalue weighted by molar-refractivity contribution is 7.85. The van der Waals surface area contributed by atoms with Crippen LogP contribution in [0.3, 0.4) is 0 Å². The molecule has 2 rings (SSSR count). The van der Waals surface area contributed by atoms with E-state index in [4.69, 9.17) is 0 Å². The predicted molar refractivity (Wildman–Crippen MR) is 90.2 cm³/mol. The second-order valence-corrected chi connectivity index (χ2v) is 6.94. The zero-order valence-corrected chi connectivity index (χ0v) is 14.0. The molecule has 2 aromatic carbocycles. The molecule has 3 heteroatoms. The molecule has 2 unspecified atom stereocenters. The molecule has 0 aliphatic heterocycles. The average Bonchev–Trinajstić information content (AvgIpc) is 2.45. The zero-order valence-electron chi connectivity index (χ0n) is 13.1. The van der Waals surface area contributed by atoms with Gasteiger partial charge in [-0.2, -0.15) is 0 Å². The Hall–Kier alpha value is -1.45. The van der Waals surface area contributed by atoms with E-state index in [-0.39, 0.29) is 6.04 Å². The van der Waals surface area contributed by atoms with Crippen LogP contribution >= 0.6 is 0 Å². The first-order chi connectivity index (χ1) is 10.0. The van der Waals surface area contributed by atoms with Gasteiger partial charge in [0.15, 0.2) is 0 Å². The van der Waals surface area contributed by atoms with Crippen molar-refractivity contribution in [2.75, 3.05) is 12.8 Å². The Morgan fingerprint density at radius 2 is 1.76 bits per heavy atom. The summed E-state index contributed by atoms with van der Waals surface area (Å²) >= 11 is 0. The SMILES string of the molecule is CNC(CS(=O)c1ccccc1C)c1ccc(C)cc1C. The van der Waals surface area contributed by atoms with Gasteiger partial charge in [0.2, 0.25) is 0 Å². The van der Waals surface area contributed by atoms with Crippen molar-refractivity contribution in [1.82, 2.24) is 5.32 Å². The molecule has 1 N–H and O–H groups in total. The molecule has 2 aromatic rings. The van der Waals surface area contributed by atoms with Crippen LogP contribution in [0.5, 0.6) is 0 Å². The van der Waals surface area contributed by atoms with Crippen LogP contribution < -0.4 is 5.32 Å². The molecule has 112 valence electrons. The van der Waals surface area contributed by atoms with E-state index in [9.17, 15) is 4.21 Å². The van der Waals surface area contributed by atoms with Gasteiger partial charge in [-0.1, -0.05) is 42.0 Å². The fourth-order valence-corrected chi connectivity index (χ4v) is 4.08. The summed E-state index contributed by atoms with van der Waals surface area (Å²) in [6.07, 6.45) is 0. The summed E-state index contributed by atoms with van der Waals surface area (Å²) in [5, 5.41) is 3.31. The molecule has 0 heterocycles. The molecule has 0 fully saturated rings. The van der Waals surface area contributed by atoms with Gasteiger partial charge in [0.25, 0.3) is 0 Å². The highest BCUT2D eigenvalue weighted by Crippen LogP contribution is 2.22. The third-order valence-corrected chi connectivity index (χ3v) is 5.39. The van der Waals surface area contributed by atoms with Gasteiger partial charge < -0.3 is 5.32 Å². The molecule has 2 nitrogen and oxygen atoms in total. The lowest BCUT2D eigenvalue weighted by Gasteiger charge is -2.19. The maximum atomic E-state index is 12.7. The van der Waals surface area contributed by atoms with Crippen LogP contribution in [-0.2, 0) is 10.8 Å². The van der Waals surface area contributed by atoms with Crippen LogP contribution in [0, 0.1) is 20.8 Å². The van der Waals surface area contributed by atoms with Crippen LogP contribution in [0.4, 0.5) is 0 Å². The third kappa shape index (κ3) is 3.80. The van der Waals surface area contributed by atoms with E-state index in [0.29, 0.717) is 5.75 Å². The minimum atomic E-state index is -1.00. The molecule has 0 radical (unpaired) electrons. The molecule has 0 aliphatic rings. The summed E-state index contributed by atoms with van der Waals surface area (Å²) in [7, 11) is 0.928. The number of rotatable bonds is 5. The van der Waals surface area contributed by atoms with Crippen molar-refractivity contribution in [2.24, 2.45) is 0 Å². The lowest BCUT2D eigenvalue weighted by Crippen LogP contribution is -2.23. The minimum absolute atomic E-state index is 0.103. The second-order valence-electron chi connectivity index (χ2n) is 5.48. The number of nitrogens with one attached hydrogen (secondary N) is 1. The predicted octanol–water partition coefficient (Wildman–Crippen LogP) is 3.68. The molecule has 0 aliphatic carbocycles. The molecule has 0 saturated carbocycles. The number of hydrogen-bond donors (Lipinski definition) is 1. The fraction of sp³-hybridized carbons (Fsp3) is 0.333. The Kier molecular flexibility index (Phi) is 5.32. The zero-order chi connectivity index (χ0) is 15.4. The van der Waals surface area contributed by atoms with Crippen LogP contribution in [0.15, 0.2) is 47.4 Å². The van der Waals surface area contributed by atoms with Gasteiger partial charge in [-0.25, -0.2) is 0 Å². The first-order valence-corrected chi connectivity index (χ1v) is 8.53. The largest absolute Gasteiger partial charge is 0.312 e. The Morgan fingerprint density at radius 3 is 2.38 bits per heavy atom. The Bertz CT molecular complexity index is 651. The number of hydrogen-bond acceptors (Lipinski definition) is 2. The lowest BCUT2D eigenvalue weighted by molar-refractivity contribution is 0.633. The maximum absolute atomic E-state index is 12.7. The van der Waals surface area contributed by atoms with Crippen LogP contribution in [-0.4, -0.2) is 17.0 Å². The standard InChI is InChI=1S/C18H23NOS/c1-13-9-10-16(15(3)11-13)17(19-4)12-21(20)18-8-6-5-7-14(18)2/h5-11,17,19H,12H2,1-4H3. The molecule has 2 atom stereocenters. The lowest BCUT2D eigenvalue weighted by atomic mass is 10.0. The second kappa shape index (κ2) is 7.01. The van der Waals surface area contributed by atoms with E-state index in [0.717, 1.165) is 10.5 Å². The van der Waals surface area contributed by atoms with Gasteiger partial charge in [0.1, 0.15) is 0 Å². The van der Waals surface area contributed by atoms with E-state index in [1.807, 2.05) is 38.2 Å². The molecule has 0 aromatic heterocycles. The average molecular weight is 301 g/mol. The van der Waals surface area contributed by atoms with Gasteiger partial charge >= 0.3 is 0 Å². The molecular formula is C18H23NOS. The summed E-state index contributed by atoms with van der Waals surface area (Å²) in [5.41, 5.74) is 4.82. The van der Waals surface area contributed by atoms with Crippen molar-refractivity contribution < 1.29 is 4.21 Å². The van der Waals surface area contributed by atoms with E-state index >= 15 is 0 Å². The van der Waals surface area contributed by atoms with Crippen LogP contribution in [0.2, 0.25) is 0 Å². The summed E-state index contributed by atoms with van der Waals surface area (Å²) in [6, 6.07) is 14.4. The molecule has 0 saturated heterocycles. The van der Waals surface area contributed by atoms with E-state index in [1.165, 1.54) is 16.7 Å². The molecule has 0 bridgehead atoms. The molecule has 21 heavy (non-hydrogen) atoms. The van der Waals surface area contributed by atoms with E-state index in [1.54, 1.807) is 0 Å². The topological polar surface area (TPSA) is 29.1 Å². The first-order valence-electron chi connectivity index (χ1n) is 7.21. The van der Waals surface area contributed by atoms with Gasteiger partial charge in [-0.05, 0) is 50.6 Å². The fourth-order valence-electron chi connectivity index (χ4n) is 2.60. The summed E-state index contributed by atoms with van der Waals surface area (Å²) in [6.45, 7) is 6.22. The van der Waals surface area contributed by atoms with Crippen molar-refractivity contribution >= 4 is 10.8 Å². The highest BCUT2D eigenvalue weighted by Gasteiger charge is 2.17. The van der Waals surface area contributed by atoms with Crippen LogP contribution in [0.25, 0.3) is 0 Å². The molecule has 0 spiro atoms. The summed E-state index contributed by atoms with van der Waals surface area (Å²) in [5.74, 6) is 0.589. The van der Waals surface area contributed by atoms with Gasteiger partial charge in [-0.15, -0.1) is 0 Å². The summed E-state index contributed by atoms with van der Waals surface area (Å²) < 4.78 is 12.7. The third-order valence-electron chi connectivity index (χ3n) is 3.81. The Balaban J connectivity index is 2.23. The Labute approximate surface area is 130 Å². The van der Waals surface area contributed by atoms with Crippen molar-refractivity contribution in [3.05, 3.63) is 64.7 Å².